The van der Waals surface area contributed by atoms with Crippen LogP contribution in [0.3, 0.4) is 0 Å². The Bertz CT molecular complexity index is 357. The number of aromatic nitrogens is 1. The Labute approximate surface area is 101 Å². The Morgan fingerprint density at radius 3 is 3.00 bits per heavy atom. The van der Waals surface area contributed by atoms with Crippen LogP contribution in [0.1, 0.15) is 18.9 Å². The lowest BCUT2D eigenvalue weighted by Gasteiger charge is -2.18. The maximum atomic E-state index is 5.63. The number of nitrogens with zero attached hydrogens (tertiary/aromatic N) is 1. The summed E-state index contributed by atoms with van der Waals surface area (Å²) in [5, 5.41) is 3.28. The average molecular weight is 239 g/mol. The molecule has 1 rings (SSSR count). The van der Waals surface area contributed by atoms with Crippen LogP contribution in [-0.4, -0.2) is 29.7 Å². The number of methoxy groups -OCH3 is 1. The standard InChI is InChI=1S/C11H17N3OS/c1-3-8(7-15-2)14-11-9(10(12)16)5-4-6-13-11/h4-6,8H,3,7H2,1-2H3,(H2,12,16)(H,13,14). The van der Waals surface area contributed by atoms with Crippen LogP contribution in [0.2, 0.25) is 0 Å². The quantitative estimate of drug-likeness (QED) is 0.738. The van der Waals surface area contributed by atoms with Gasteiger partial charge in [-0.3, -0.25) is 0 Å². The number of pyridine rings is 1. The van der Waals surface area contributed by atoms with Gasteiger partial charge in [-0.2, -0.15) is 0 Å². The molecule has 0 spiro atoms. The molecule has 0 bridgehead atoms. The highest BCUT2D eigenvalue weighted by molar-refractivity contribution is 7.80. The molecule has 5 heteroatoms. The summed E-state index contributed by atoms with van der Waals surface area (Å²) in [6.45, 7) is 2.71. The van der Waals surface area contributed by atoms with Crippen LogP contribution in [0, 0.1) is 0 Å². The summed E-state index contributed by atoms with van der Waals surface area (Å²) in [6.07, 6.45) is 2.66. The zero-order valence-corrected chi connectivity index (χ0v) is 10.4. The van der Waals surface area contributed by atoms with Crippen LogP contribution >= 0.6 is 12.2 Å². The number of rotatable bonds is 6. The molecular weight excluding hydrogens is 222 g/mol. The van der Waals surface area contributed by atoms with E-state index in [1.807, 2.05) is 12.1 Å². The van der Waals surface area contributed by atoms with Crippen molar-refractivity contribution in [3.05, 3.63) is 23.9 Å². The van der Waals surface area contributed by atoms with Gasteiger partial charge in [0.25, 0.3) is 0 Å². The summed E-state index contributed by atoms with van der Waals surface area (Å²) in [7, 11) is 1.68. The SMILES string of the molecule is CCC(COC)Nc1ncccc1C(N)=S. The molecule has 1 atom stereocenters. The zero-order chi connectivity index (χ0) is 12.0. The van der Waals surface area contributed by atoms with E-state index in [1.165, 1.54) is 0 Å². The minimum atomic E-state index is 0.216. The number of nitrogens with two attached hydrogens (primary N) is 1. The van der Waals surface area contributed by atoms with E-state index in [2.05, 4.69) is 17.2 Å². The van der Waals surface area contributed by atoms with Gasteiger partial charge in [-0.05, 0) is 18.6 Å². The van der Waals surface area contributed by atoms with Crippen molar-refractivity contribution in [2.24, 2.45) is 5.73 Å². The number of thiocarbonyl (C=S) groups is 1. The van der Waals surface area contributed by atoms with Crippen molar-refractivity contribution in [3.8, 4) is 0 Å². The lowest BCUT2D eigenvalue weighted by atomic mass is 10.2. The Morgan fingerprint density at radius 2 is 2.44 bits per heavy atom. The predicted molar refractivity (Wildman–Crippen MR) is 69.7 cm³/mol. The molecule has 16 heavy (non-hydrogen) atoms. The van der Waals surface area contributed by atoms with E-state index in [4.69, 9.17) is 22.7 Å². The molecule has 1 aromatic rings. The van der Waals surface area contributed by atoms with Crippen molar-refractivity contribution >= 4 is 23.0 Å². The molecule has 0 aliphatic heterocycles. The molecule has 0 saturated heterocycles. The van der Waals surface area contributed by atoms with Gasteiger partial charge in [0.2, 0.25) is 0 Å². The van der Waals surface area contributed by atoms with Gasteiger partial charge in [-0.15, -0.1) is 0 Å². The second-order valence-corrected chi connectivity index (χ2v) is 3.91. The van der Waals surface area contributed by atoms with Gasteiger partial charge in [0.05, 0.1) is 18.2 Å². The third-order valence-electron chi connectivity index (χ3n) is 2.27. The van der Waals surface area contributed by atoms with Gasteiger partial charge in [-0.1, -0.05) is 19.1 Å². The predicted octanol–water partition coefficient (Wildman–Crippen LogP) is 1.55. The molecule has 0 aliphatic rings. The van der Waals surface area contributed by atoms with Crippen LogP contribution in [0.25, 0.3) is 0 Å². The monoisotopic (exact) mass is 239 g/mol. The summed E-state index contributed by atoms with van der Waals surface area (Å²) >= 11 is 4.97. The second kappa shape index (κ2) is 6.40. The van der Waals surface area contributed by atoms with Crippen LogP contribution in [0.5, 0.6) is 0 Å². The van der Waals surface area contributed by atoms with E-state index in [9.17, 15) is 0 Å². The molecule has 3 N–H and O–H groups in total. The first-order valence-electron chi connectivity index (χ1n) is 5.19. The van der Waals surface area contributed by atoms with Crippen LogP contribution in [-0.2, 0) is 4.74 Å². The zero-order valence-electron chi connectivity index (χ0n) is 9.56. The van der Waals surface area contributed by atoms with E-state index in [0.29, 0.717) is 11.6 Å². The molecule has 0 aliphatic carbocycles. The molecule has 0 fully saturated rings. The highest BCUT2D eigenvalue weighted by Crippen LogP contribution is 2.13. The second-order valence-electron chi connectivity index (χ2n) is 3.47. The smallest absolute Gasteiger partial charge is 0.136 e. The molecule has 0 saturated carbocycles. The summed E-state index contributed by atoms with van der Waals surface area (Å²) in [5.41, 5.74) is 6.40. The molecular formula is C11H17N3OS. The molecule has 1 unspecified atom stereocenters. The third kappa shape index (κ3) is 3.43. The molecule has 0 aromatic carbocycles. The highest BCUT2D eigenvalue weighted by atomic mass is 32.1. The number of nitrogens with one attached hydrogen (secondary N) is 1. The van der Waals surface area contributed by atoms with E-state index in [0.717, 1.165) is 17.8 Å². The van der Waals surface area contributed by atoms with Crippen molar-refractivity contribution < 1.29 is 4.74 Å². The summed E-state index contributed by atoms with van der Waals surface area (Å²) < 4.78 is 5.11. The Morgan fingerprint density at radius 1 is 1.69 bits per heavy atom. The molecule has 0 amide bonds. The summed E-state index contributed by atoms with van der Waals surface area (Å²) in [4.78, 5) is 4.59. The molecule has 1 heterocycles. The van der Waals surface area contributed by atoms with Crippen LogP contribution in [0.4, 0.5) is 5.82 Å². The van der Waals surface area contributed by atoms with E-state index in [1.54, 1.807) is 13.3 Å². The largest absolute Gasteiger partial charge is 0.389 e. The van der Waals surface area contributed by atoms with Gasteiger partial charge < -0.3 is 15.8 Å². The first-order chi connectivity index (χ1) is 7.69. The lowest BCUT2D eigenvalue weighted by Crippen LogP contribution is -2.26. The van der Waals surface area contributed by atoms with Crippen LogP contribution < -0.4 is 11.1 Å². The van der Waals surface area contributed by atoms with Crippen molar-refractivity contribution in [1.29, 1.82) is 0 Å². The van der Waals surface area contributed by atoms with E-state index < -0.39 is 0 Å². The average Bonchev–Trinajstić information content (AvgIpc) is 2.29. The number of hydrogen-bond acceptors (Lipinski definition) is 4. The van der Waals surface area contributed by atoms with Gasteiger partial charge in [0.15, 0.2) is 0 Å². The highest BCUT2D eigenvalue weighted by Gasteiger charge is 2.10. The Balaban J connectivity index is 2.82. The minimum absolute atomic E-state index is 0.216. The van der Waals surface area contributed by atoms with E-state index in [-0.39, 0.29) is 6.04 Å². The topological polar surface area (TPSA) is 60.2 Å². The number of hydrogen-bond donors (Lipinski definition) is 2. The normalized spacial score (nSPS) is 12.1. The molecule has 4 nitrogen and oxygen atoms in total. The van der Waals surface area contributed by atoms with E-state index >= 15 is 0 Å². The van der Waals surface area contributed by atoms with Crippen LogP contribution in [0.15, 0.2) is 18.3 Å². The lowest BCUT2D eigenvalue weighted by molar-refractivity contribution is 0.184. The van der Waals surface area contributed by atoms with Gasteiger partial charge in [0.1, 0.15) is 10.8 Å². The first-order valence-corrected chi connectivity index (χ1v) is 5.60. The minimum Gasteiger partial charge on any atom is -0.389 e. The van der Waals surface area contributed by atoms with Gasteiger partial charge >= 0.3 is 0 Å². The maximum absolute atomic E-state index is 5.63. The summed E-state index contributed by atoms with van der Waals surface area (Å²) in [6, 6.07) is 3.89. The van der Waals surface area contributed by atoms with Gasteiger partial charge in [-0.25, -0.2) is 4.98 Å². The van der Waals surface area contributed by atoms with Crippen molar-refractivity contribution in [1.82, 2.24) is 4.98 Å². The molecule has 1 aromatic heterocycles. The third-order valence-corrected chi connectivity index (χ3v) is 2.49. The van der Waals surface area contributed by atoms with Crippen molar-refractivity contribution in [2.45, 2.75) is 19.4 Å². The number of ether oxygens (including phenoxy) is 1. The van der Waals surface area contributed by atoms with Gasteiger partial charge in [0, 0.05) is 13.3 Å². The fraction of sp³-hybridized carbons (Fsp3) is 0.455. The Hall–Kier alpha value is -1.20. The summed E-state index contributed by atoms with van der Waals surface area (Å²) in [5.74, 6) is 0.721. The Kier molecular flexibility index (Phi) is 5.14. The molecule has 0 radical (unpaired) electrons. The fourth-order valence-corrected chi connectivity index (χ4v) is 1.54. The fourth-order valence-electron chi connectivity index (χ4n) is 1.38. The first kappa shape index (κ1) is 12.9. The maximum Gasteiger partial charge on any atom is 0.136 e. The molecule has 88 valence electrons. The van der Waals surface area contributed by atoms with Crippen molar-refractivity contribution in [2.75, 3.05) is 19.0 Å². The number of anilines is 1. The van der Waals surface area contributed by atoms with Crippen molar-refractivity contribution in [3.63, 3.8) is 0 Å².